The van der Waals surface area contributed by atoms with Crippen molar-refractivity contribution >= 4 is 17.8 Å². The van der Waals surface area contributed by atoms with E-state index in [1.54, 1.807) is 29.6 Å². The van der Waals surface area contributed by atoms with Crippen molar-refractivity contribution in [3.8, 4) is 0 Å². The Labute approximate surface area is 157 Å². The summed E-state index contributed by atoms with van der Waals surface area (Å²) in [5.41, 5.74) is -3.21. The van der Waals surface area contributed by atoms with Crippen LogP contribution in [0.2, 0.25) is 0 Å². The highest BCUT2D eigenvalue weighted by Crippen LogP contribution is 2.39. The van der Waals surface area contributed by atoms with E-state index in [0.29, 0.717) is 0 Å². The number of rotatable bonds is 5. The van der Waals surface area contributed by atoms with E-state index < -0.39 is 23.8 Å². The summed E-state index contributed by atoms with van der Waals surface area (Å²) in [4.78, 5) is 29.1. The number of benzene rings is 1. The molecule has 148 valence electrons. The molecule has 3 rings (SSSR count). The van der Waals surface area contributed by atoms with Gasteiger partial charge in [0.05, 0.1) is 19.4 Å². The second-order valence-electron chi connectivity index (χ2n) is 5.83. The summed E-state index contributed by atoms with van der Waals surface area (Å²) in [7, 11) is 0. The molecule has 0 spiro atoms. The zero-order valence-corrected chi connectivity index (χ0v) is 14.7. The van der Waals surface area contributed by atoms with Crippen LogP contribution in [0.15, 0.2) is 58.1 Å². The van der Waals surface area contributed by atoms with E-state index in [2.05, 4.69) is 9.73 Å². The van der Waals surface area contributed by atoms with Gasteiger partial charge in [-0.25, -0.2) is 9.79 Å². The molecule has 2 aromatic rings. The highest BCUT2D eigenvalue weighted by molar-refractivity contribution is 6.16. The Morgan fingerprint density at radius 1 is 1.25 bits per heavy atom. The molecule has 0 unspecified atom stereocenters. The molecule has 1 atom stereocenters. The Morgan fingerprint density at radius 3 is 2.54 bits per heavy atom. The molecule has 0 aliphatic carbocycles. The van der Waals surface area contributed by atoms with E-state index in [-0.39, 0.29) is 30.3 Å². The standard InChI is InChI=1S/C18H16F3N3O4/c1-2-27-16(26)23-17(18(19,20)21)15(25)24(11-13-9-6-10-28-13)14(22-17)12-7-4-3-5-8-12/h3-10H,2,11H2,1H3,(H,23,26)/t17-/m0/s1. The molecule has 1 N–H and O–H groups in total. The number of carbonyl (C=O) groups excluding carboxylic acids is 2. The minimum absolute atomic E-state index is 0.167. The molecule has 1 aliphatic rings. The van der Waals surface area contributed by atoms with Crippen LogP contribution in [-0.4, -0.2) is 41.2 Å². The van der Waals surface area contributed by atoms with Crippen LogP contribution in [0.1, 0.15) is 18.2 Å². The number of hydrogen-bond donors (Lipinski definition) is 1. The smallest absolute Gasteiger partial charge is 0.442 e. The number of alkyl carbamates (subject to hydrolysis) is 1. The Kier molecular flexibility index (Phi) is 5.12. The van der Waals surface area contributed by atoms with Crippen LogP contribution in [0.5, 0.6) is 0 Å². The molecule has 0 saturated heterocycles. The average molecular weight is 395 g/mol. The van der Waals surface area contributed by atoms with Gasteiger partial charge < -0.3 is 9.15 Å². The van der Waals surface area contributed by atoms with Crippen molar-refractivity contribution in [2.75, 3.05) is 6.61 Å². The first-order valence-corrected chi connectivity index (χ1v) is 8.30. The molecule has 1 aliphatic heterocycles. The number of halogens is 3. The number of furan rings is 1. The predicted molar refractivity (Wildman–Crippen MR) is 91.2 cm³/mol. The maximum Gasteiger partial charge on any atom is 0.442 e. The van der Waals surface area contributed by atoms with Gasteiger partial charge in [0.1, 0.15) is 11.6 Å². The van der Waals surface area contributed by atoms with Crippen molar-refractivity contribution in [1.82, 2.24) is 10.2 Å². The summed E-state index contributed by atoms with van der Waals surface area (Å²) in [6, 6.07) is 11.0. The van der Waals surface area contributed by atoms with E-state index in [1.165, 1.54) is 31.4 Å². The molecule has 28 heavy (non-hydrogen) atoms. The molecule has 7 nitrogen and oxygen atoms in total. The second-order valence-corrected chi connectivity index (χ2v) is 5.83. The number of amides is 2. The minimum atomic E-state index is -5.20. The first-order valence-electron chi connectivity index (χ1n) is 8.30. The molecule has 0 bridgehead atoms. The Bertz CT molecular complexity index is 881. The molecule has 0 fully saturated rings. The van der Waals surface area contributed by atoms with Crippen LogP contribution >= 0.6 is 0 Å². The topological polar surface area (TPSA) is 84.1 Å². The van der Waals surface area contributed by atoms with Crippen LogP contribution in [0, 0.1) is 0 Å². The summed E-state index contributed by atoms with van der Waals surface area (Å²) >= 11 is 0. The van der Waals surface area contributed by atoms with Crippen molar-refractivity contribution < 1.29 is 31.9 Å². The number of nitrogens with zero attached hydrogens (tertiary/aromatic N) is 2. The zero-order chi connectivity index (χ0) is 20.4. The largest absolute Gasteiger partial charge is 0.467 e. The van der Waals surface area contributed by atoms with Gasteiger partial charge in [0.15, 0.2) is 0 Å². The highest BCUT2D eigenvalue weighted by atomic mass is 19.4. The fraction of sp³-hybridized carbons (Fsp3) is 0.278. The molecule has 2 amide bonds. The first-order chi connectivity index (χ1) is 13.3. The summed E-state index contributed by atoms with van der Waals surface area (Å²) < 4.78 is 51.6. The second kappa shape index (κ2) is 7.37. The lowest BCUT2D eigenvalue weighted by Gasteiger charge is -2.28. The quantitative estimate of drug-likeness (QED) is 0.843. The van der Waals surface area contributed by atoms with Crippen molar-refractivity contribution in [3.63, 3.8) is 0 Å². The maximum absolute atomic E-state index is 14.0. The van der Waals surface area contributed by atoms with E-state index in [0.717, 1.165) is 4.90 Å². The number of aliphatic imine (C=N–C) groups is 1. The summed E-state index contributed by atoms with van der Waals surface area (Å²) in [6.45, 7) is 0.972. The summed E-state index contributed by atoms with van der Waals surface area (Å²) in [5, 5.41) is 1.60. The molecule has 2 heterocycles. The third-order valence-corrected chi connectivity index (χ3v) is 3.98. The number of nitrogens with one attached hydrogen (secondary N) is 1. The normalized spacial score (nSPS) is 19.5. The van der Waals surface area contributed by atoms with Crippen molar-refractivity contribution in [2.24, 2.45) is 4.99 Å². The van der Waals surface area contributed by atoms with E-state index in [4.69, 9.17) is 4.42 Å². The van der Waals surface area contributed by atoms with Crippen LogP contribution < -0.4 is 5.32 Å². The lowest BCUT2D eigenvalue weighted by Crippen LogP contribution is -2.63. The molecule has 1 aromatic heterocycles. The van der Waals surface area contributed by atoms with Gasteiger partial charge >= 0.3 is 17.9 Å². The van der Waals surface area contributed by atoms with Crippen molar-refractivity contribution in [2.45, 2.75) is 25.3 Å². The lowest BCUT2D eigenvalue weighted by atomic mass is 10.1. The zero-order valence-electron chi connectivity index (χ0n) is 14.7. The van der Waals surface area contributed by atoms with Crippen molar-refractivity contribution in [1.29, 1.82) is 0 Å². The van der Waals surface area contributed by atoms with Gasteiger partial charge in [-0.15, -0.1) is 0 Å². The highest BCUT2D eigenvalue weighted by Gasteiger charge is 2.67. The predicted octanol–water partition coefficient (Wildman–Crippen LogP) is 3.07. The van der Waals surface area contributed by atoms with Gasteiger partial charge in [-0.2, -0.15) is 13.2 Å². The van der Waals surface area contributed by atoms with Gasteiger partial charge in [-0.3, -0.25) is 15.0 Å². The molecule has 1 aromatic carbocycles. The van der Waals surface area contributed by atoms with Gasteiger partial charge in [0.25, 0.3) is 5.91 Å². The fourth-order valence-electron chi connectivity index (χ4n) is 2.72. The molecule has 0 saturated carbocycles. The lowest BCUT2D eigenvalue weighted by molar-refractivity contribution is -0.197. The monoisotopic (exact) mass is 395 g/mol. The Balaban J connectivity index is 2.10. The number of alkyl halides is 3. The van der Waals surface area contributed by atoms with Crippen LogP contribution in [0.4, 0.5) is 18.0 Å². The SMILES string of the molecule is CCOC(=O)N[C@@]1(C(F)(F)F)N=C(c2ccccc2)N(Cc2ccco2)C1=O. The Morgan fingerprint density at radius 2 is 1.96 bits per heavy atom. The van der Waals surface area contributed by atoms with E-state index in [9.17, 15) is 22.8 Å². The van der Waals surface area contributed by atoms with Gasteiger partial charge in [0, 0.05) is 5.56 Å². The van der Waals surface area contributed by atoms with E-state index in [1.807, 2.05) is 0 Å². The van der Waals surface area contributed by atoms with Crippen molar-refractivity contribution in [3.05, 3.63) is 60.1 Å². The minimum Gasteiger partial charge on any atom is -0.467 e. The molecular formula is C18H16F3N3O4. The number of ether oxygens (including phenoxy) is 1. The third kappa shape index (κ3) is 3.45. The van der Waals surface area contributed by atoms with Gasteiger partial charge in [-0.05, 0) is 19.1 Å². The molecular weight excluding hydrogens is 379 g/mol. The average Bonchev–Trinajstić information content (AvgIpc) is 3.25. The first kappa shape index (κ1) is 19.5. The summed E-state index contributed by atoms with van der Waals surface area (Å²) in [5.74, 6) is -1.44. The van der Waals surface area contributed by atoms with Gasteiger partial charge in [-0.1, -0.05) is 30.3 Å². The maximum atomic E-state index is 14.0. The molecule has 10 heteroatoms. The number of carbonyl (C=O) groups is 2. The summed E-state index contributed by atoms with van der Waals surface area (Å²) in [6.07, 6.45) is -5.26. The fourth-order valence-corrected chi connectivity index (χ4v) is 2.72. The number of amidine groups is 1. The Hall–Kier alpha value is -3.30. The number of hydrogen-bond acceptors (Lipinski definition) is 5. The third-order valence-electron chi connectivity index (χ3n) is 3.98. The van der Waals surface area contributed by atoms with Crippen LogP contribution in [0.25, 0.3) is 0 Å². The van der Waals surface area contributed by atoms with Gasteiger partial charge in [0.2, 0.25) is 0 Å². The van der Waals surface area contributed by atoms with Crippen LogP contribution in [0.3, 0.4) is 0 Å². The van der Waals surface area contributed by atoms with Crippen LogP contribution in [-0.2, 0) is 16.1 Å². The molecule has 0 radical (unpaired) electrons. The van der Waals surface area contributed by atoms with E-state index >= 15 is 0 Å².